The van der Waals surface area contributed by atoms with E-state index >= 15 is 0 Å². The van der Waals surface area contributed by atoms with Crippen LogP contribution in [0.3, 0.4) is 0 Å². The highest BCUT2D eigenvalue weighted by molar-refractivity contribution is 6.29. The predicted octanol–water partition coefficient (Wildman–Crippen LogP) is 2.63. The topological polar surface area (TPSA) is 54.0 Å². The van der Waals surface area contributed by atoms with Crippen LogP contribution >= 0.6 is 11.6 Å². The highest BCUT2D eigenvalue weighted by Gasteiger charge is 2.12. The number of carbonyl (C=O) groups excluding carboxylic acids is 1. The predicted molar refractivity (Wildman–Crippen MR) is 79.1 cm³/mol. The molecule has 0 radical (unpaired) electrons. The Bertz CT molecular complexity index is 657. The molecule has 0 fully saturated rings. The molecule has 4 nitrogen and oxygen atoms in total. The van der Waals surface area contributed by atoms with E-state index in [-0.39, 0.29) is 5.91 Å². The van der Waals surface area contributed by atoms with Crippen LogP contribution in [-0.2, 0) is 13.0 Å². The van der Waals surface area contributed by atoms with E-state index in [1.807, 2.05) is 18.2 Å². The summed E-state index contributed by atoms with van der Waals surface area (Å²) < 4.78 is 0. The Morgan fingerprint density at radius 1 is 1.25 bits per heavy atom. The summed E-state index contributed by atoms with van der Waals surface area (Å²) in [6, 6.07) is 9.18. The fourth-order valence-electron chi connectivity index (χ4n) is 2.31. The van der Waals surface area contributed by atoms with Crippen molar-refractivity contribution in [3.63, 3.8) is 0 Å². The zero-order chi connectivity index (χ0) is 13.9. The van der Waals surface area contributed by atoms with Crippen LogP contribution in [0.4, 0.5) is 5.69 Å². The van der Waals surface area contributed by atoms with E-state index in [0.717, 1.165) is 19.5 Å². The van der Waals surface area contributed by atoms with E-state index in [0.29, 0.717) is 16.4 Å². The van der Waals surface area contributed by atoms with Gasteiger partial charge in [-0.1, -0.05) is 17.7 Å². The number of nitrogens with zero attached hydrogens (tertiary/aromatic N) is 1. The third-order valence-electron chi connectivity index (χ3n) is 3.34. The molecular weight excluding hydrogens is 274 g/mol. The lowest BCUT2D eigenvalue weighted by Crippen LogP contribution is -2.24. The van der Waals surface area contributed by atoms with Crippen LogP contribution in [0.5, 0.6) is 0 Å². The first-order valence-electron chi connectivity index (χ1n) is 6.48. The standard InChI is InChI=1S/C15H14ClN3O/c16-14-8-13(4-6-18-14)19-15(20)11-2-1-10-3-5-17-9-12(10)7-11/h1-2,4,6-8,17H,3,5,9H2,(H,18,19,20). The number of fused-ring (bicyclic) bond motifs is 1. The Morgan fingerprint density at radius 2 is 2.15 bits per heavy atom. The Kier molecular flexibility index (Phi) is 3.67. The number of anilines is 1. The van der Waals surface area contributed by atoms with Gasteiger partial charge in [0.05, 0.1) is 0 Å². The van der Waals surface area contributed by atoms with Crippen LogP contribution in [0.25, 0.3) is 0 Å². The molecule has 5 heteroatoms. The average molecular weight is 288 g/mol. The average Bonchev–Trinajstić information content (AvgIpc) is 2.47. The molecular formula is C15H14ClN3O. The summed E-state index contributed by atoms with van der Waals surface area (Å²) in [4.78, 5) is 16.1. The molecule has 0 unspecified atom stereocenters. The summed E-state index contributed by atoms with van der Waals surface area (Å²) >= 11 is 5.80. The summed E-state index contributed by atoms with van der Waals surface area (Å²) in [5.74, 6) is -0.138. The second-order valence-corrected chi connectivity index (χ2v) is 5.12. The quantitative estimate of drug-likeness (QED) is 0.835. The number of hydrogen-bond donors (Lipinski definition) is 2. The van der Waals surface area contributed by atoms with Gasteiger partial charge in [-0.3, -0.25) is 4.79 Å². The Balaban J connectivity index is 1.80. The number of halogens is 1. The van der Waals surface area contributed by atoms with Crippen molar-refractivity contribution in [3.05, 3.63) is 58.4 Å². The first-order valence-corrected chi connectivity index (χ1v) is 6.85. The van der Waals surface area contributed by atoms with Gasteiger partial charge in [-0.25, -0.2) is 4.98 Å². The monoisotopic (exact) mass is 287 g/mol. The number of nitrogens with one attached hydrogen (secondary N) is 2. The van der Waals surface area contributed by atoms with Gasteiger partial charge in [0.1, 0.15) is 5.15 Å². The van der Waals surface area contributed by atoms with Crippen molar-refractivity contribution in [2.45, 2.75) is 13.0 Å². The molecule has 0 bridgehead atoms. The SMILES string of the molecule is O=C(Nc1ccnc(Cl)c1)c1ccc2c(c1)CNCC2. The number of benzene rings is 1. The van der Waals surface area contributed by atoms with Gasteiger partial charge in [0.2, 0.25) is 0 Å². The van der Waals surface area contributed by atoms with E-state index in [2.05, 4.69) is 15.6 Å². The minimum Gasteiger partial charge on any atom is -0.322 e. The van der Waals surface area contributed by atoms with Crippen molar-refractivity contribution in [3.8, 4) is 0 Å². The van der Waals surface area contributed by atoms with Crippen molar-refractivity contribution in [1.29, 1.82) is 0 Å². The second kappa shape index (κ2) is 5.61. The lowest BCUT2D eigenvalue weighted by molar-refractivity contribution is 0.102. The largest absolute Gasteiger partial charge is 0.322 e. The highest BCUT2D eigenvalue weighted by atomic mass is 35.5. The maximum absolute atomic E-state index is 12.2. The number of aromatic nitrogens is 1. The van der Waals surface area contributed by atoms with E-state index < -0.39 is 0 Å². The Morgan fingerprint density at radius 3 is 3.00 bits per heavy atom. The lowest BCUT2D eigenvalue weighted by atomic mass is 9.98. The van der Waals surface area contributed by atoms with Gasteiger partial charge < -0.3 is 10.6 Å². The first-order chi connectivity index (χ1) is 9.72. The van der Waals surface area contributed by atoms with Gasteiger partial charge in [-0.05, 0) is 48.4 Å². The molecule has 1 aromatic heterocycles. The van der Waals surface area contributed by atoms with Crippen LogP contribution in [0.2, 0.25) is 5.15 Å². The number of hydrogen-bond acceptors (Lipinski definition) is 3. The van der Waals surface area contributed by atoms with E-state index in [9.17, 15) is 4.79 Å². The lowest BCUT2D eigenvalue weighted by Gasteiger charge is -2.17. The molecule has 0 aliphatic carbocycles. The summed E-state index contributed by atoms with van der Waals surface area (Å²) in [7, 11) is 0. The fraction of sp³-hybridized carbons (Fsp3) is 0.200. The fourth-order valence-corrected chi connectivity index (χ4v) is 2.48. The molecule has 0 spiro atoms. The third-order valence-corrected chi connectivity index (χ3v) is 3.55. The zero-order valence-electron chi connectivity index (χ0n) is 10.8. The molecule has 1 aromatic carbocycles. The molecule has 2 aromatic rings. The van der Waals surface area contributed by atoms with Crippen LogP contribution in [-0.4, -0.2) is 17.4 Å². The van der Waals surface area contributed by atoms with Gasteiger partial charge in [-0.15, -0.1) is 0 Å². The molecule has 0 saturated heterocycles. The molecule has 1 aliphatic rings. The van der Waals surface area contributed by atoms with Crippen LogP contribution in [0.1, 0.15) is 21.5 Å². The van der Waals surface area contributed by atoms with Crippen molar-refractivity contribution >= 4 is 23.2 Å². The first kappa shape index (κ1) is 13.1. The van der Waals surface area contributed by atoms with Crippen molar-refractivity contribution in [2.75, 3.05) is 11.9 Å². The van der Waals surface area contributed by atoms with Crippen molar-refractivity contribution in [1.82, 2.24) is 10.3 Å². The van der Waals surface area contributed by atoms with Crippen LogP contribution in [0, 0.1) is 0 Å². The second-order valence-electron chi connectivity index (χ2n) is 4.73. The molecule has 2 N–H and O–H groups in total. The van der Waals surface area contributed by atoms with Gasteiger partial charge in [-0.2, -0.15) is 0 Å². The maximum atomic E-state index is 12.2. The van der Waals surface area contributed by atoms with E-state index in [1.54, 1.807) is 18.3 Å². The van der Waals surface area contributed by atoms with Crippen molar-refractivity contribution in [2.24, 2.45) is 0 Å². The molecule has 20 heavy (non-hydrogen) atoms. The minimum atomic E-state index is -0.138. The van der Waals surface area contributed by atoms with Crippen LogP contribution in [0.15, 0.2) is 36.5 Å². The van der Waals surface area contributed by atoms with Crippen molar-refractivity contribution < 1.29 is 4.79 Å². The Labute approximate surface area is 122 Å². The third kappa shape index (κ3) is 2.81. The smallest absolute Gasteiger partial charge is 0.255 e. The van der Waals surface area contributed by atoms with Gasteiger partial charge in [0.15, 0.2) is 0 Å². The number of carbonyl (C=O) groups is 1. The van der Waals surface area contributed by atoms with Gasteiger partial charge in [0, 0.05) is 24.0 Å². The number of pyridine rings is 1. The highest BCUT2D eigenvalue weighted by Crippen LogP contribution is 2.18. The molecule has 0 saturated carbocycles. The molecule has 102 valence electrons. The van der Waals surface area contributed by atoms with Crippen LogP contribution < -0.4 is 10.6 Å². The zero-order valence-corrected chi connectivity index (χ0v) is 11.6. The van der Waals surface area contributed by atoms with Gasteiger partial charge >= 0.3 is 0 Å². The molecule has 0 atom stereocenters. The summed E-state index contributed by atoms with van der Waals surface area (Å²) in [5.41, 5.74) is 3.80. The van der Waals surface area contributed by atoms with Gasteiger partial charge in [0.25, 0.3) is 5.91 Å². The Hall–Kier alpha value is -1.91. The number of amides is 1. The van der Waals surface area contributed by atoms with E-state index in [1.165, 1.54) is 11.1 Å². The molecule has 1 aliphatic heterocycles. The molecule has 2 heterocycles. The molecule has 1 amide bonds. The minimum absolute atomic E-state index is 0.138. The summed E-state index contributed by atoms with van der Waals surface area (Å²) in [6.45, 7) is 1.81. The molecule has 3 rings (SSSR count). The number of rotatable bonds is 2. The summed E-state index contributed by atoms with van der Waals surface area (Å²) in [6.07, 6.45) is 2.58. The normalized spacial score (nSPS) is 13.7. The van der Waals surface area contributed by atoms with E-state index in [4.69, 9.17) is 11.6 Å². The summed E-state index contributed by atoms with van der Waals surface area (Å²) in [5, 5.41) is 6.49. The maximum Gasteiger partial charge on any atom is 0.255 e.